The number of halogens is 1. The molecule has 210 valence electrons. The number of aliphatic imine (C=N–C) groups is 1. The molecule has 5 rings (SSSR count). The Morgan fingerprint density at radius 2 is 1.90 bits per heavy atom. The molecule has 0 bridgehead atoms. The number of thiophene rings is 1. The highest BCUT2D eigenvalue weighted by Gasteiger charge is 2.27. The number of benzene rings is 2. The van der Waals surface area contributed by atoms with Gasteiger partial charge >= 0.3 is 0 Å². The number of non-ortho nitro benzene ring substituents is 1. The zero-order chi connectivity index (χ0) is 28.1. The van der Waals surface area contributed by atoms with Crippen molar-refractivity contribution in [3.63, 3.8) is 0 Å². The molecule has 0 radical (unpaired) electrons. The first-order chi connectivity index (χ1) is 19.4. The number of ether oxygens (including phenoxy) is 2. The van der Waals surface area contributed by atoms with E-state index in [1.54, 1.807) is 41.8 Å². The van der Waals surface area contributed by atoms with Gasteiger partial charge < -0.3 is 14.8 Å². The largest absolute Gasteiger partial charge is 0.493 e. The number of aryl methyl sites for hydroxylation is 1. The van der Waals surface area contributed by atoms with Crippen LogP contribution in [0.2, 0.25) is 5.02 Å². The van der Waals surface area contributed by atoms with Gasteiger partial charge in [0, 0.05) is 29.3 Å². The minimum absolute atomic E-state index is 0.0101. The zero-order valence-corrected chi connectivity index (χ0v) is 24.0. The Kier molecular flexibility index (Phi) is 9.01. The standard InChI is InChI=1S/C30H32ClN3O5S/c1-38-25-16-20(15-24(31)28(25)39-18-19-11-13-22(14-12-19)34(36)37)17-32-30-27(23-9-5-6-10-26(23)40-30)29(35)33-21-7-3-2-4-8-21/h11-17,21H,2-10,18H2,1H3,(H,33,35). The summed E-state index contributed by atoms with van der Waals surface area (Å²) >= 11 is 8.19. The van der Waals surface area contributed by atoms with Crippen LogP contribution in [0, 0.1) is 10.1 Å². The van der Waals surface area contributed by atoms with E-state index in [2.05, 4.69) is 5.32 Å². The van der Waals surface area contributed by atoms with Gasteiger partial charge in [0.1, 0.15) is 11.6 Å². The van der Waals surface area contributed by atoms with Crippen LogP contribution in [-0.2, 0) is 19.4 Å². The summed E-state index contributed by atoms with van der Waals surface area (Å²) in [6.45, 7) is 0.168. The molecule has 0 atom stereocenters. The molecule has 1 aromatic heterocycles. The maximum absolute atomic E-state index is 13.4. The predicted molar refractivity (Wildman–Crippen MR) is 158 cm³/mol. The van der Waals surface area contributed by atoms with E-state index < -0.39 is 4.92 Å². The fraction of sp³-hybridized carbons (Fsp3) is 0.400. The third-order valence-corrected chi connectivity index (χ3v) is 8.91. The van der Waals surface area contributed by atoms with Crippen LogP contribution in [0.1, 0.15) is 76.9 Å². The van der Waals surface area contributed by atoms with Crippen LogP contribution in [0.5, 0.6) is 11.5 Å². The van der Waals surface area contributed by atoms with Crippen LogP contribution >= 0.6 is 22.9 Å². The lowest BCUT2D eigenvalue weighted by Gasteiger charge is -2.23. The number of nitrogens with zero attached hydrogens (tertiary/aromatic N) is 2. The van der Waals surface area contributed by atoms with Gasteiger partial charge in [0.05, 0.1) is 22.6 Å². The molecule has 2 aromatic carbocycles. The Balaban J connectivity index is 1.35. The second kappa shape index (κ2) is 12.8. The molecule has 0 saturated heterocycles. The van der Waals surface area contributed by atoms with Gasteiger partial charge in [0.25, 0.3) is 11.6 Å². The molecule has 0 aliphatic heterocycles. The number of nitro groups is 1. The van der Waals surface area contributed by atoms with Gasteiger partial charge in [-0.3, -0.25) is 14.9 Å². The van der Waals surface area contributed by atoms with E-state index in [1.165, 1.54) is 30.5 Å². The number of hydrogen-bond acceptors (Lipinski definition) is 7. The van der Waals surface area contributed by atoms with Crippen molar-refractivity contribution in [2.24, 2.45) is 4.99 Å². The summed E-state index contributed by atoms with van der Waals surface area (Å²) in [4.78, 5) is 29.9. The fourth-order valence-electron chi connectivity index (χ4n) is 5.34. The number of carbonyl (C=O) groups is 1. The summed E-state index contributed by atoms with van der Waals surface area (Å²) in [5.74, 6) is 0.805. The normalized spacial score (nSPS) is 15.6. The predicted octanol–water partition coefficient (Wildman–Crippen LogP) is 7.59. The number of methoxy groups -OCH3 is 1. The summed E-state index contributed by atoms with van der Waals surface area (Å²) in [5, 5.41) is 15.3. The molecular formula is C30H32ClN3O5S. The van der Waals surface area contributed by atoms with Gasteiger partial charge in [-0.25, -0.2) is 4.99 Å². The van der Waals surface area contributed by atoms with Crippen molar-refractivity contribution in [2.45, 2.75) is 70.4 Å². The van der Waals surface area contributed by atoms with E-state index in [9.17, 15) is 14.9 Å². The van der Waals surface area contributed by atoms with Gasteiger partial charge in [-0.05, 0) is 79.5 Å². The van der Waals surface area contributed by atoms with E-state index in [0.29, 0.717) is 16.5 Å². The monoisotopic (exact) mass is 581 g/mol. The second-order valence-corrected chi connectivity index (χ2v) is 11.7. The lowest BCUT2D eigenvalue weighted by Crippen LogP contribution is -2.36. The first kappa shape index (κ1) is 28.1. The molecule has 1 amide bonds. The lowest BCUT2D eigenvalue weighted by molar-refractivity contribution is -0.384. The third kappa shape index (κ3) is 6.47. The molecule has 2 aliphatic carbocycles. The Labute approximate surface area is 242 Å². The lowest BCUT2D eigenvalue weighted by atomic mass is 9.93. The molecule has 1 N–H and O–H groups in total. The van der Waals surface area contributed by atoms with E-state index in [-0.39, 0.29) is 24.2 Å². The highest BCUT2D eigenvalue weighted by atomic mass is 35.5. The van der Waals surface area contributed by atoms with Crippen molar-refractivity contribution in [2.75, 3.05) is 7.11 Å². The highest BCUT2D eigenvalue weighted by molar-refractivity contribution is 7.16. The minimum atomic E-state index is -0.442. The first-order valence-corrected chi connectivity index (χ1v) is 14.9. The number of nitrogens with one attached hydrogen (secondary N) is 1. The summed E-state index contributed by atoms with van der Waals surface area (Å²) in [5.41, 5.74) is 3.37. The van der Waals surface area contributed by atoms with Gasteiger partial charge in [0.2, 0.25) is 0 Å². The fourth-order valence-corrected chi connectivity index (χ4v) is 6.84. The molecule has 0 unspecified atom stereocenters. The van der Waals surface area contributed by atoms with E-state index in [4.69, 9.17) is 26.1 Å². The third-order valence-electron chi connectivity index (χ3n) is 7.43. The van der Waals surface area contributed by atoms with Gasteiger partial charge in [0.15, 0.2) is 11.5 Å². The van der Waals surface area contributed by atoms with Crippen molar-refractivity contribution < 1.29 is 19.2 Å². The topological polar surface area (TPSA) is 103 Å². The SMILES string of the molecule is COc1cc(C=Nc2sc3c(c2C(=O)NC2CCCCC2)CCCC3)cc(Cl)c1OCc1ccc([N+](=O)[O-])cc1. The van der Waals surface area contributed by atoms with Crippen LogP contribution < -0.4 is 14.8 Å². The Hall–Kier alpha value is -3.43. The zero-order valence-electron chi connectivity index (χ0n) is 22.4. The number of hydrogen-bond donors (Lipinski definition) is 1. The summed E-state index contributed by atoms with van der Waals surface area (Å²) in [6.07, 6.45) is 11.5. The maximum Gasteiger partial charge on any atom is 0.269 e. The Bertz CT molecular complexity index is 1410. The van der Waals surface area contributed by atoms with E-state index in [0.717, 1.165) is 78.6 Å². The molecule has 0 spiro atoms. The van der Waals surface area contributed by atoms with Crippen LogP contribution in [0.15, 0.2) is 41.4 Å². The summed E-state index contributed by atoms with van der Waals surface area (Å²) in [7, 11) is 1.53. The number of fused-ring (bicyclic) bond motifs is 1. The second-order valence-electron chi connectivity index (χ2n) is 10.2. The molecule has 2 aliphatic rings. The highest BCUT2D eigenvalue weighted by Crippen LogP contribution is 2.41. The van der Waals surface area contributed by atoms with E-state index in [1.807, 2.05) is 0 Å². The molecular weight excluding hydrogens is 550 g/mol. The van der Waals surface area contributed by atoms with Crippen LogP contribution in [0.4, 0.5) is 10.7 Å². The van der Waals surface area contributed by atoms with Crippen molar-refractivity contribution >= 4 is 45.7 Å². The molecule has 40 heavy (non-hydrogen) atoms. The average Bonchev–Trinajstić information content (AvgIpc) is 3.34. The van der Waals surface area contributed by atoms with Crippen molar-refractivity contribution in [1.29, 1.82) is 0 Å². The van der Waals surface area contributed by atoms with Crippen molar-refractivity contribution in [3.8, 4) is 11.5 Å². The molecule has 1 fully saturated rings. The minimum Gasteiger partial charge on any atom is -0.493 e. The van der Waals surface area contributed by atoms with Crippen LogP contribution in [0.25, 0.3) is 0 Å². The number of amides is 1. The van der Waals surface area contributed by atoms with Gasteiger partial charge in [-0.1, -0.05) is 30.9 Å². The Morgan fingerprint density at radius 1 is 1.15 bits per heavy atom. The smallest absolute Gasteiger partial charge is 0.269 e. The van der Waals surface area contributed by atoms with Gasteiger partial charge in [-0.15, -0.1) is 11.3 Å². The quantitative estimate of drug-likeness (QED) is 0.159. The molecule has 1 saturated carbocycles. The maximum atomic E-state index is 13.4. The Morgan fingerprint density at radius 3 is 2.62 bits per heavy atom. The van der Waals surface area contributed by atoms with Crippen LogP contribution in [-0.4, -0.2) is 30.2 Å². The number of rotatable bonds is 9. The van der Waals surface area contributed by atoms with Gasteiger partial charge in [-0.2, -0.15) is 0 Å². The van der Waals surface area contributed by atoms with Crippen molar-refractivity contribution in [3.05, 3.63) is 78.7 Å². The van der Waals surface area contributed by atoms with E-state index >= 15 is 0 Å². The molecule has 1 heterocycles. The summed E-state index contributed by atoms with van der Waals surface area (Å²) < 4.78 is 11.5. The average molecular weight is 582 g/mol. The first-order valence-electron chi connectivity index (χ1n) is 13.7. The molecule has 10 heteroatoms. The number of carbonyl (C=O) groups excluding carboxylic acids is 1. The summed E-state index contributed by atoms with van der Waals surface area (Å²) in [6, 6.07) is 9.92. The molecule has 3 aromatic rings. The van der Waals surface area contributed by atoms with Crippen molar-refractivity contribution in [1.82, 2.24) is 5.32 Å². The molecule has 8 nitrogen and oxygen atoms in total. The number of nitro benzene ring substituents is 1. The van der Waals surface area contributed by atoms with Crippen LogP contribution in [0.3, 0.4) is 0 Å².